The number of amides is 1. The van der Waals surface area contributed by atoms with Gasteiger partial charge in [-0.05, 0) is 59.3 Å². The number of anilines is 1. The normalized spacial score (nSPS) is 15.1. The minimum absolute atomic E-state index is 0.0293. The highest BCUT2D eigenvalue weighted by Crippen LogP contribution is 2.40. The van der Waals surface area contributed by atoms with Gasteiger partial charge in [-0.3, -0.25) is 14.5 Å². The van der Waals surface area contributed by atoms with Crippen LogP contribution in [0.2, 0.25) is 0 Å². The Balaban J connectivity index is 1.41. The van der Waals surface area contributed by atoms with Crippen LogP contribution in [0.3, 0.4) is 0 Å². The van der Waals surface area contributed by atoms with E-state index >= 15 is 0 Å². The van der Waals surface area contributed by atoms with Gasteiger partial charge in [0.15, 0.2) is 0 Å². The molecule has 1 unspecified atom stereocenters. The van der Waals surface area contributed by atoms with Crippen molar-refractivity contribution in [1.29, 1.82) is 0 Å². The van der Waals surface area contributed by atoms with Crippen LogP contribution in [0.4, 0.5) is 14.5 Å². The Labute approximate surface area is 227 Å². The molecule has 0 saturated carbocycles. The van der Waals surface area contributed by atoms with Crippen LogP contribution in [-0.4, -0.2) is 42.8 Å². The summed E-state index contributed by atoms with van der Waals surface area (Å²) < 4.78 is 55.0. The first-order valence-corrected chi connectivity index (χ1v) is 15.2. The molecule has 0 bridgehead atoms. The second-order valence-corrected chi connectivity index (χ2v) is 12.8. The van der Waals surface area contributed by atoms with Crippen LogP contribution in [-0.2, 0) is 10.0 Å². The van der Waals surface area contributed by atoms with Gasteiger partial charge in [0.05, 0.1) is 17.9 Å². The number of aromatic nitrogens is 1. The monoisotopic (exact) mass is 571 g/mol. The van der Waals surface area contributed by atoms with Gasteiger partial charge in [-0.25, -0.2) is 17.2 Å². The van der Waals surface area contributed by atoms with E-state index in [4.69, 9.17) is 0 Å². The zero-order chi connectivity index (χ0) is 27.0. The molecule has 4 aromatic rings. The fourth-order valence-corrected chi connectivity index (χ4v) is 7.28. The van der Waals surface area contributed by atoms with Crippen molar-refractivity contribution in [3.8, 4) is 20.9 Å². The number of carbonyl (C=O) groups excluding carboxylic acids is 1. The molecule has 6 nitrogen and oxygen atoms in total. The molecule has 0 aliphatic carbocycles. The molecule has 11 heteroatoms. The first kappa shape index (κ1) is 26.3. The molecular formula is C27H23F2N3O3S3. The third-order valence-corrected chi connectivity index (χ3v) is 9.82. The molecule has 5 rings (SSSR count). The largest absolute Gasteiger partial charge is 0.334 e. The number of hydrogen-bond acceptors (Lipinski definition) is 6. The van der Waals surface area contributed by atoms with Crippen molar-refractivity contribution in [2.45, 2.75) is 17.9 Å². The Morgan fingerprint density at radius 2 is 1.79 bits per heavy atom. The van der Waals surface area contributed by atoms with Gasteiger partial charge < -0.3 is 4.90 Å². The predicted octanol–water partition coefficient (Wildman–Crippen LogP) is 6.44. The van der Waals surface area contributed by atoms with E-state index in [0.29, 0.717) is 11.6 Å². The van der Waals surface area contributed by atoms with E-state index in [1.165, 1.54) is 17.5 Å². The first-order chi connectivity index (χ1) is 18.2. The molecule has 1 aliphatic rings. The molecule has 38 heavy (non-hydrogen) atoms. The van der Waals surface area contributed by atoms with E-state index in [-0.39, 0.29) is 17.6 Å². The summed E-state index contributed by atoms with van der Waals surface area (Å²) in [4.78, 5) is 19.8. The lowest BCUT2D eigenvalue weighted by Crippen LogP contribution is -2.24. The summed E-state index contributed by atoms with van der Waals surface area (Å²) in [5.74, 6) is -0.199. The average molecular weight is 572 g/mol. The summed E-state index contributed by atoms with van der Waals surface area (Å²) in [6, 6.07) is 13.7. The minimum Gasteiger partial charge on any atom is -0.334 e. The molecule has 1 amide bonds. The van der Waals surface area contributed by atoms with Crippen LogP contribution in [0.1, 0.15) is 28.9 Å². The Hall–Kier alpha value is -3.28. The van der Waals surface area contributed by atoms with Gasteiger partial charge in [0.2, 0.25) is 0 Å². The fraction of sp³-hybridized carbons (Fsp3) is 0.185. The van der Waals surface area contributed by atoms with E-state index in [1.54, 1.807) is 28.9 Å². The first-order valence-electron chi connectivity index (χ1n) is 11.7. The smallest absolute Gasteiger partial charge is 0.264 e. The Bertz CT molecular complexity index is 1640. The zero-order valence-electron chi connectivity index (χ0n) is 20.4. The molecule has 2 aromatic carbocycles. The lowest BCUT2D eigenvalue weighted by molar-refractivity contribution is 0.0786. The average Bonchev–Trinajstić information content (AvgIpc) is 3.46. The summed E-state index contributed by atoms with van der Waals surface area (Å²) in [7, 11) is -2.45. The molecule has 3 heterocycles. The second-order valence-electron chi connectivity index (χ2n) is 8.70. The summed E-state index contributed by atoms with van der Waals surface area (Å²) >= 11 is 3.31. The number of nitrogens with zero attached hydrogens (tertiary/aromatic N) is 2. The standard InChI is InChI=1S/C27H23F2N3O3S3/c1-3-36-15-23-21-11-16(4-6-20(21)27(33)32(23)2)24-7-8-25(37-24)17-10-19(14-30-13-17)31-38(34,35)26-9-5-18(28)12-22(26)29/h4-14,23,31H,3,15H2,1-2H3. The molecule has 1 N–H and O–H groups in total. The molecule has 196 valence electrons. The lowest BCUT2D eigenvalue weighted by atomic mass is 10.0. The highest BCUT2D eigenvalue weighted by Gasteiger charge is 2.34. The maximum absolute atomic E-state index is 14.1. The third-order valence-electron chi connectivity index (χ3n) is 6.26. The molecule has 0 saturated heterocycles. The number of thioether (sulfide) groups is 1. The Morgan fingerprint density at radius 3 is 2.53 bits per heavy atom. The van der Waals surface area contributed by atoms with Crippen molar-refractivity contribution < 1.29 is 22.0 Å². The number of nitrogens with one attached hydrogen (secondary N) is 1. The van der Waals surface area contributed by atoms with Crippen molar-refractivity contribution in [2.24, 2.45) is 0 Å². The van der Waals surface area contributed by atoms with E-state index in [0.717, 1.165) is 50.1 Å². The van der Waals surface area contributed by atoms with Gasteiger partial charge in [0.1, 0.15) is 16.5 Å². The van der Waals surface area contributed by atoms with Gasteiger partial charge in [0.25, 0.3) is 15.9 Å². The van der Waals surface area contributed by atoms with E-state index < -0.39 is 26.6 Å². The van der Waals surface area contributed by atoms with E-state index in [1.807, 2.05) is 31.3 Å². The number of carbonyl (C=O) groups is 1. The predicted molar refractivity (Wildman–Crippen MR) is 148 cm³/mol. The number of benzene rings is 2. The van der Waals surface area contributed by atoms with Crippen LogP contribution in [0.15, 0.2) is 71.9 Å². The summed E-state index contributed by atoms with van der Waals surface area (Å²) in [5, 5.41) is 0. The van der Waals surface area contributed by atoms with Crippen molar-refractivity contribution in [1.82, 2.24) is 9.88 Å². The minimum atomic E-state index is -4.29. The molecule has 1 aliphatic heterocycles. The third kappa shape index (κ3) is 5.05. The van der Waals surface area contributed by atoms with Crippen molar-refractivity contribution >= 4 is 44.7 Å². The van der Waals surface area contributed by atoms with Crippen molar-refractivity contribution in [2.75, 3.05) is 23.3 Å². The van der Waals surface area contributed by atoms with Crippen molar-refractivity contribution in [3.63, 3.8) is 0 Å². The second kappa shape index (κ2) is 10.5. The van der Waals surface area contributed by atoms with E-state index in [2.05, 4.69) is 22.7 Å². The highest BCUT2D eigenvalue weighted by atomic mass is 32.2. The molecule has 0 radical (unpaired) electrons. The number of thiophene rings is 1. The van der Waals surface area contributed by atoms with Crippen LogP contribution >= 0.6 is 23.1 Å². The van der Waals surface area contributed by atoms with Crippen molar-refractivity contribution in [3.05, 3.63) is 89.8 Å². The lowest BCUT2D eigenvalue weighted by Gasteiger charge is -2.20. The zero-order valence-corrected chi connectivity index (χ0v) is 22.9. The molecule has 2 aromatic heterocycles. The molecule has 0 spiro atoms. The number of pyridine rings is 1. The fourth-order valence-electron chi connectivity index (χ4n) is 4.34. The van der Waals surface area contributed by atoms with E-state index in [9.17, 15) is 22.0 Å². The maximum Gasteiger partial charge on any atom is 0.264 e. The summed E-state index contributed by atoms with van der Waals surface area (Å²) in [6.45, 7) is 2.10. The Morgan fingerprint density at radius 1 is 1.03 bits per heavy atom. The molecule has 0 fully saturated rings. The molecular weight excluding hydrogens is 549 g/mol. The number of rotatable bonds is 8. The van der Waals surface area contributed by atoms with Crippen LogP contribution in [0, 0.1) is 11.6 Å². The van der Waals surface area contributed by atoms with Gasteiger partial charge in [0, 0.05) is 45.9 Å². The summed E-state index contributed by atoms with van der Waals surface area (Å²) in [6.07, 6.45) is 2.93. The topological polar surface area (TPSA) is 79.4 Å². The quantitative estimate of drug-likeness (QED) is 0.264. The van der Waals surface area contributed by atoms with Crippen LogP contribution < -0.4 is 4.72 Å². The maximum atomic E-state index is 14.1. The highest BCUT2D eigenvalue weighted by molar-refractivity contribution is 7.99. The van der Waals surface area contributed by atoms with Gasteiger partial charge in [-0.1, -0.05) is 13.0 Å². The van der Waals surface area contributed by atoms with Crippen LogP contribution in [0.5, 0.6) is 0 Å². The molecule has 1 atom stereocenters. The Kier molecular flexibility index (Phi) is 7.26. The number of sulfonamides is 1. The summed E-state index contributed by atoms with van der Waals surface area (Å²) in [5.41, 5.74) is 3.57. The van der Waals surface area contributed by atoms with Gasteiger partial charge >= 0.3 is 0 Å². The number of hydrogen-bond donors (Lipinski definition) is 1. The SMILES string of the molecule is CCSCC1c2cc(-c3ccc(-c4cncc(NS(=O)(=O)c5ccc(F)cc5F)c4)s3)ccc2C(=O)N1C. The van der Waals surface area contributed by atoms with Gasteiger partial charge in [-0.15, -0.1) is 11.3 Å². The van der Waals surface area contributed by atoms with Gasteiger partial charge in [-0.2, -0.15) is 11.8 Å². The number of halogens is 2. The van der Waals surface area contributed by atoms with Crippen LogP contribution in [0.25, 0.3) is 20.9 Å². The number of fused-ring (bicyclic) bond motifs is 1.